The second-order valence-corrected chi connectivity index (χ2v) is 9.93. The number of carbonyl (C=O) groups excluding carboxylic acids is 2. The molecule has 0 bridgehead atoms. The van der Waals surface area contributed by atoms with Gasteiger partial charge in [0.2, 0.25) is 0 Å². The molecule has 7 nitrogen and oxygen atoms in total. The van der Waals surface area contributed by atoms with Gasteiger partial charge in [-0.2, -0.15) is 0 Å². The Balaban J connectivity index is 1.46. The minimum Gasteiger partial charge on any atom is -0.459 e. The van der Waals surface area contributed by atoms with Crippen molar-refractivity contribution in [2.75, 3.05) is 18.5 Å². The summed E-state index contributed by atoms with van der Waals surface area (Å²) < 4.78 is 16.8. The highest BCUT2D eigenvalue weighted by atomic mass is 32.1. The van der Waals surface area contributed by atoms with E-state index in [0.717, 1.165) is 5.69 Å². The van der Waals surface area contributed by atoms with Gasteiger partial charge in [0.25, 0.3) is 0 Å². The van der Waals surface area contributed by atoms with Gasteiger partial charge in [-0.25, -0.2) is 4.98 Å². The highest BCUT2D eigenvalue weighted by Crippen LogP contribution is 2.52. The number of esters is 2. The average molecular weight is 445 g/mol. The Kier molecular flexibility index (Phi) is 5.79. The van der Waals surface area contributed by atoms with E-state index in [0.29, 0.717) is 23.4 Å². The summed E-state index contributed by atoms with van der Waals surface area (Å²) in [6, 6.07) is 8.01. The summed E-state index contributed by atoms with van der Waals surface area (Å²) >= 11 is 1.43. The number of aryl methyl sites for hydroxylation is 1. The zero-order valence-corrected chi connectivity index (χ0v) is 19.1. The van der Waals surface area contributed by atoms with Crippen LogP contribution in [0.15, 0.2) is 29.6 Å². The van der Waals surface area contributed by atoms with Crippen LogP contribution in [0.5, 0.6) is 0 Å². The van der Waals surface area contributed by atoms with Crippen molar-refractivity contribution in [3.05, 3.63) is 40.9 Å². The van der Waals surface area contributed by atoms with Crippen LogP contribution in [-0.4, -0.2) is 36.2 Å². The maximum absolute atomic E-state index is 12.9. The standard InChI is InChI=1S/C23H28N2O5S/c1-14(2)10-28-11-17-9-23(19(26)29-17)13-22(4,30-20(23)27)18-12-31-21(25-18)24-16-7-5-15(3)6-8-16/h5-8,12,14,17H,9-11,13H2,1-4H3,(H,24,25)/t17-,22-,23+/m1/s1. The molecule has 0 unspecified atom stereocenters. The molecule has 4 rings (SSSR count). The second-order valence-electron chi connectivity index (χ2n) is 9.07. The first-order valence-electron chi connectivity index (χ1n) is 10.5. The van der Waals surface area contributed by atoms with Gasteiger partial charge >= 0.3 is 11.9 Å². The van der Waals surface area contributed by atoms with Crippen molar-refractivity contribution in [3.63, 3.8) is 0 Å². The monoisotopic (exact) mass is 444 g/mol. The zero-order chi connectivity index (χ0) is 22.2. The third-order valence-electron chi connectivity index (χ3n) is 5.69. The van der Waals surface area contributed by atoms with Gasteiger partial charge in [0.05, 0.1) is 12.3 Å². The summed E-state index contributed by atoms with van der Waals surface area (Å²) in [5.41, 5.74) is 0.477. The Morgan fingerprint density at radius 2 is 2.00 bits per heavy atom. The number of carbonyl (C=O) groups is 2. The molecule has 1 spiro atoms. The minimum absolute atomic E-state index is 0.214. The largest absolute Gasteiger partial charge is 0.459 e. The number of anilines is 2. The number of ether oxygens (including phenoxy) is 3. The van der Waals surface area contributed by atoms with Crippen molar-refractivity contribution in [2.24, 2.45) is 11.3 Å². The van der Waals surface area contributed by atoms with E-state index < -0.39 is 29.1 Å². The zero-order valence-electron chi connectivity index (χ0n) is 18.3. The summed E-state index contributed by atoms with van der Waals surface area (Å²) in [4.78, 5) is 30.2. The Morgan fingerprint density at radius 1 is 1.26 bits per heavy atom. The molecular weight excluding hydrogens is 416 g/mol. The number of aromatic nitrogens is 1. The van der Waals surface area contributed by atoms with Crippen LogP contribution in [0.1, 0.15) is 44.9 Å². The Bertz CT molecular complexity index is 973. The summed E-state index contributed by atoms with van der Waals surface area (Å²) in [6.07, 6.45) is 0.0542. The van der Waals surface area contributed by atoms with Crippen LogP contribution in [0.2, 0.25) is 0 Å². The fraction of sp³-hybridized carbons (Fsp3) is 0.522. The topological polar surface area (TPSA) is 86.8 Å². The molecule has 3 heterocycles. The predicted octanol–water partition coefficient (Wildman–Crippen LogP) is 4.33. The van der Waals surface area contributed by atoms with E-state index >= 15 is 0 Å². The van der Waals surface area contributed by atoms with E-state index in [4.69, 9.17) is 14.2 Å². The summed E-state index contributed by atoms with van der Waals surface area (Å²) in [7, 11) is 0. The Labute approximate surface area is 186 Å². The first-order valence-corrected chi connectivity index (χ1v) is 11.4. The van der Waals surface area contributed by atoms with E-state index in [1.54, 1.807) is 6.92 Å². The highest BCUT2D eigenvalue weighted by molar-refractivity contribution is 7.13. The number of thiazole rings is 1. The van der Waals surface area contributed by atoms with Crippen molar-refractivity contribution < 1.29 is 23.8 Å². The number of benzene rings is 1. The van der Waals surface area contributed by atoms with Gasteiger partial charge in [0.1, 0.15) is 6.10 Å². The number of nitrogens with one attached hydrogen (secondary N) is 1. The highest BCUT2D eigenvalue weighted by Gasteiger charge is 2.65. The molecule has 31 heavy (non-hydrogen) atoms. The van der Waals surface area contributed by atoms with Crippen molar-refractivity contribution in [1.82, 2.24) is 4.98 Å². The van der Waals surface area contributed by atoms with Gasteiger partial charge < -0.3 is 19.5 Å². The van der Waals surface area contributed by atoms with Crippen molar-refractivity contribution in [3.8, 4) is 0 Å². The lowest BCUT2D eigenvalue weighted by Crippen LogP contribution is -2.32. The minimum atomic E-state index is -1.28. The maximum atomic E-state index is 12.9. The van der Waals surface area contributed by atoms with Crippen molar-refractivity contribution >= 4 is 34.1 Å². The van der Waals surface area contributed by atoms with Gasteiger partial charge in [-0.15, -0.1) is 11.3 Å². The smallest absolute Gasteiger partial charge is 0.324 e. The molecule has 0 aliphatic carbocycles. The van der Waals surface area contributed by atoms with Gasteiger partial charge in [-0.1, -0.05) is 31.5 Å². The lowest BCUT2D eigenvalue weighted by Gasteiger charge is -2.20. The molecule has 0 radical (unpaired) electrons. The fourth-order valence-electron chi connectivity index (χ4n) is 4.08. The SMILES string of the molecule is Cc1ccc(Nc2nc([C@@]3(C)C[C@]4(C[C@H](COCC(C)C)OC4=O)C(=O)O3)cs2)cc1. The predicted molar refractivity (Wildman–Crippen MR) is 117 cm³/mol. The molecule has 166 valence electrons. The molecule has 2 fully saturated rings. The quantitative estimate of drug-likeness (QED) is 0.502. The number of hydrogen-bond acceptors (Lipinski definition) is 8. The molecule has 2 aliphatic heterocycles. The average Bonchev–Trinajstić information content (AvgIpc) is 3.36. The van der Waals surface area contributed by atoms with Crippen molar-refractivity contribution in [2.45, 2.75) is 52.2 Å². The lowest BCUT2D eigenvalue weighted by molar-refractivity contribution is -0.160. The van der Waals surface area contributed by atoms with Crippen LogP contribution in [0.25, 0.3) is 0 Å². The van der Waals surface area contributed by atoms with Crippen LogP contribution in [0, 0.1) is 18.3 Å². The van der Waals surface area contributed by atoms with Gasteiger partial charge in [0.15, 0.2) is 16.1 Å². The van der Waals surface area contributed by atoms with Crippen LogP contribution < -0.4 is 5.32 Å². The molecule has 1 aromatic carbocycles. The van der Waals surface area contributed by atoms with E-state index in [-0.39, 0.29) is 19.4 Å². The number of nitrogens with zero attached hydrogens (tertiary/aromatic N) is 1. The number of hydrogen-bond donors (Lipinski definition) is 1. The molecule has 2 saturated heterocycles. The van der Waals surface area contributed by atoms with E-state index in [1.165, 1.54) is 16.9 Å². The van der Waals surface area contributed by atoms with Crippen molar-refractivity contribution in [1.29, 1.82) is 0 Å². The molecule has 0 amide bonds. The molecule has 0 saturated carbocycles. The third kappa shape index (κ3) is 4.32. The third-order valence-corrected chi connectivity index (χ3v) is 6.45. The number of cyclic esters (lactones) is 2. The molecule has 3 atom stereocenters. The Hall–Kier alpha value is -2.45. The normalized spacial score (nSPS) is 27.7. The molecule has 2 aliphatic rings. The molecule has 1 N–H and O–H groups in total. The molecular formula is C23H28N2O5S. The van der Waals surface area contributed by atoms with Gasteiger partial charge in [-0.05, 0) is 31.9 Å². The lowest BCUT2D eigenvalue weighted by atomic mass is 9.78. The van der Waals surface area contributed by atoms with Gasteiger partial charge in [0, 0.05) is 30.5 Å². The number of rotatable bonds is 7. The summed E-state index contributed by atoms with van der Waals surface area (Å²) in [5.74, 6) is -0.668. The Morgan fingerprint density at radius 3 is 2.71 bits per heavy atom. The van der Waals surface area contributed by atoms with Crippen LogP contribution in [0.4, 0.5) is 10.8 Å². The van der Waals surface area contributed by atoms with Gasteiger partial charge in [-0.3, -0.25) is 9.59 Å². The van der Waals surface area contributed by atoms with E-state index in [9.17, 15) is 9.59 Å². The van der Waals surface area contributed by atoms with E-state index in [1.807, 2.05) is 36.6 Å². The first-order chi connectivity index (χ1) is 14.7. The molecule has 8 heteroatoms. The summed E-state index contributed by atoms with van der Waals surface area (Å²) in [5, 5.41) is 5.84. The molecule has 2 aromatic rings. The first kappa shape index (κ1) is 21.8. The molecule has 1 aromatic heterocycles. The maximum Gasteiger partial charge on any atom is 0.324 e. The van der Waals surface area contributed by atoms with Crippen LogP contribution in [-0.2, 0) is 29.4 Å². The van der Waals surface area contributed by atoms with Crippen LogP contribution in [0.3, 0.4) is 0 Å². The van der Waals surface area contributed by atoms with Crippen LogP contribution >= 0.6 is 11.3 Å². The fourth-order valence-corrected chi connectivity index (χ4v) is 4.93. The van der Waals surface area contributed by atoms with E-state index in [2.05, 4.69) is 24.1 Å². The second kappa shape index (κ2) is 8.24. The summed E-state index contributed by atoms with van der Waals surface area (Å²) in [6.45, 7) is 8.82.